The molecule has 1 aromatic carbocycles. The van der Waals surface area contributed by atoms with E-state index in [1.165, 1.54) is 0 Å². The second-order valence-corrected chi connectivity index (χ2v) is 10.2. The molecule has 1 saturated heterocycles. The number of hydrogen-bond donors (Lipinski definition) is 3. The number of carbonyl (C=O) groups is 3. The molecule has 1 aliphatic carbocycles. The summed E-state index contributed by atoms with van der Waals surface area (Å²) in [6.07, 6.45) is 4.46. The fraction of sp³-hybridized carbons (Fsp3) is 0.538. The molecular weight excluding hydrogens is 432 g/mol. The van der Waals surface area contributed by atoms with Crippen LogP contribution in [-0.2, 0) is 20.8 Å². The van der Waals surface area contributed by atoms with Crippen molar-refractivity contribution in [1.82, 2.24) is 16.0 Å². The molecule has 182 valence electrons. The van der Waals surface area contributed by atoms with Crippen molar-refractivity contribution in [1.29, 1.82) is 5.26 Å². The zero-order chi connectivity index (χ0) is 24.9. The number of nitrogens with one attached hydrogen (secondary N) is 3. The van der Waals surface area contributed by atoms with E-state index in [2.05, 4.69) is 22.0 Å². The smallest absolute Gasteiger partial charge is 0.248 e. The first kappa shape index (κ1) is 25.3. The number of piperidine rings is 1. The van der Waals surface area contributed by atoms with Crippen molar-refractivity contribution >= 4 is 23.8 Å². The molecule has 1 aliphatic heterocycles. The molecule has 3 N–H and O–H groups in total. The standard InChI is InChI=1S/C26H34N4O4/c1-26(2,3)14-21(25(33)29-19(15-27)12-17-8-6-10-28-23(17)31)30-24(32)18-11-16-7-5-9-22(34-4)20(16)13-18/h5,7,9,13,17,19,21H,6,8,10-12,14H2,1-4H3,(H,28,31)(H,29,33)(H,30,32)/t17-,19-,21-/m0/s1. The summed E-state index contributed by atoms with van der Waals surface area (Å²) in [4.78, 5) is 38.4. The lowest BCUT2D eigenvalue weighted by Gasteiger charge is -2.28. The molecule has 1 heterocycles. The zero-order valence-electron chi connectivity index (χ0n) is 20.4. The van der Waals surface area contributed by atoms with Crippen LogP contribution in [0.2, 0.25) is 0 Å². The Kier molecular flexibility index (Phi) is 7.98. The number of amides is 3. The molecule has 0 spiro atoms. The van der Waals surface area contributed by atoms with Gasteiger partial charge in [0.05, 0.1) is 13.2 Å². The Labute approximate surface area is 201 Å². The van der Waals surface area contributed by atoms with Gasteiger partial charge in [-0.15, -0.1) is 0 Å². The SMILES string of the molecule is COc1cccc2c1C=C(C(=O)N[C@@H](CC(C)(C)C)C(=O)N[C@H](C#N)C[C@@H]1CCCNC1=O)C2. The van der Waals surface area contributed by atoms with E-state index in [9.17, 15) is 19.6 Å². The number of nitrogens with zero attached hydrogens (tertiary/aromatic N) is 1. The summed E-state index contributed by atoms with van der Waals surface area (Å²) in [5, 5.41) is 18.0. The molecule has 34 heavy (non-hydrogen) atoms. The molecule has 1 aromatic rings. The van der Waals surface area contributed by atoms with Gasteiger partial charge in [0.25, 0.3) is 0 Å². The number of fused-ring (bicyclic) bond motifs is 1. The Balaban J connectivity index is 1.70. The van der Waals surface area contributed by atoms with Gasteiger partial charge in [0.2, 0.25) is 17.7 Å². The summed E-state index contributed by atoms with van der Waals surface area (Å²) in [5.41, 5.74) is 2.19. The van der Waals surface area contributed by atoms with Crippen LogP contribution in [0.5, 0.6) is 5.75 Å². The van der Waals surface area contributed by atoms with E-state index in [0.29, 0.717) is 37.1 Å². The van der Waals surface area contributed by atoms with E-state index < -0.39 is 18.0 Å². The molecule has 0 aromatic heterocycles. The van der Waals surface area contributed by atoms with Crippen molar-refractivity contribution in [2.24, 2.45) is 11.3 Å². The van der Waals surface area contributed by atoms with Gasteiger partial charge in [-0.05, 0) is 48.8 Å². The topological polar surface area (TPSA) is 120 Å². The average Bonchev–Trinajstić information content (AvgIpc) is 3.23. The lowest BCUT2D eigenvalue weighted by atomic mass is 9.87. The van der Waals surface area contributed by atoms with E-state index in [-0.39, 0.29) is 29.6 Å². The molecule has 1 fully saturated rings. The van der Waals surface area contributed by atoms with E-state index in [1.54, 1.807) is 13.2 Å². The van der Waals surface area contributed by atoms with Crippen LogP contribution in [0.4, 0.5) is 0 Å². The van der Waals surface area contributed by atoms with Crippen molar-refractivity contribution in [3.8, 4) is 11.8 Å². The Morgan fingerprint density at radius 1 is 1.29 bits per heavy atom. The normalized spacial score (nSPS) is 19.1. The number of benzene rings is 1. The molecule has 0 unspecified atom stereocenters. The second kappa shape index (κ2) is 10.7. The molecule has 0 saturated carbocycles. The maximum absolute atomic E-state index is 13.2. The van der Waals surface area contributed by atoms with Crippen LogP contribution in [0.15, 0.2) is 23.8 Å². The average molecular weight is 467 g/mol. The Morgan fingerprint density at radius 3 is 2.71 bits per heavy atom. The van der Waals surface area contributed by atoms with Crippen molar-refractivity contribution in [2.75, 3.05) is 13.7 Å². The van der Waals surface area contributed by atoms with Gasteiger partial charge in [-0.3, -0.25) is 14.4 Å². The predicted molar refractivity (Wildman–Crippen MR) is 129 cm³/mol. The molecule has 3 amide bonds. The molecule has 3 atom stereocenters. The monoisotopic (exact) mass is 466 g/mol. The number of carbonyl (C=O) groups excluding carboxylic acids is 3. The largest absolute Gasteiger partial charge is 0.496 e. The summed E-state index contributed by atoms with van der Waals surface area (Å²) in [6.45, 7) is 6.61. The maximum atomic E-state index is 13.2. The predicted octanol–water partition coefficient (Wildman–Crippen LogP) is 2.48. The number of hydrogen-bond acceptors (Lipinski definition) is 5. The summed E-state index contributed by atoms with van der Waals surface area (Å²) >= 11 is 0. The number of nitriles is 1. The summed E-state index contributed by atoms with van der Waals surface area (Å²) in [6, 6.07) is 6.17. The van der Waals surface area contributed by atoms with Crippen molar-refractivity contribution < 1.29 is 19.1 Å². The van der Waals surface area contributed by atoms with Gasteiger partial charge < -0.3 is 20.7 Å². The lowest BCUT2D eigenvalue weighted by molar-refractivity contribution is -0.129. The van der Waals surface area contributed by atoms with Gasteiger partial charge >= 0.3 is 0 Å². The number of methoxy groups -OCH3 is 1. The van der Waals surface area contributed by atoms with Crippen LogP contribution in [0.3, 0.4) is 0 Å². The molecule has 3 rings (SSSR count). The summed E-state index contributed by atoms with van der Waals surface area (Å²) in [7, 11) is 1.59. The Morgan fingerprint density at radius 2 is 2.06 bits per heavy atom. The Bertz CT molecular complexity index is 1020. The molecule has 8 heteroatoms. The number of rotatable bonds is 8. The second-order valence-electron chi connectivity index (χ2n) is 10.2. The maximum Gasteiger partial charge on any atom is 0.248 e. The van der Waals surface area contributed by atoms with Crippen LogP contribution in [0.1, 0.15) is 57.6 Å². The minimum absolute atomic E-state index is 0.0801. The fourth-order valence-electron chi connectivity index (χ4n) is 4.50. The van der Waals surface area contributed by atoms with Gasteiger partial charge in [0, 0.05) is 30.0 Å². The van der Waals surface area contributed by atoms with Crippen LogP contribution < -0.4 is 20.7 Å². The highest BCUT2D eigenvalue weighted by Gasteiger charge is 2.32. The van der Waals surface area contributed by atoms with Crippen LogP contribution in [0.25, 0.3) is 6.08 Å². The minimum atomic E-state index is -0.810. The van der Waals surface area contributed by atoms with Crippen LogP contribution in [0, 0.1) is 22.7 Å². The van der Waals surface area contributed by atoms with Gasteiger partial charge in [0.1, 0.15) is 17.8 Å². The third-order valence-electron chi connectivity index (χ3n) is 6.20. The lowest BCUT2D eigenvalue weighted by Crippen LogP contribution is -2.51. The van der Waals surface area contributed by atoms with Gasteiger partial charge in [-0.25, -0.2) is 0 Å². The van der Waals surface area contributed by atoms with Gasteiger partial charge in [0.15, 0.2) is 0 Å². The highest BCUT2D eigenvalue weighted by atomic mass is 16.5. The van der Waals surface area contributed by atoms with Crippen molar-refractivity contribution in [3.63, 3.8) is 0 Å². The molecule has 8 nitrogen and oxygen atoms in total. The van der Waals surface area contributed by atoms with Gasteiger partial charge in [-0.2, -0.15) is 5.26 Å². The Hall–Kier alpha value is -3.34. The third-order valence-corrected chi connectivity index (χ3v) is 6.20. The van der Waals surface area contributed by atoms with E-state index in [4.69, 9.17) is 4.74 Å². The third kappa shape index (κ3) is 6.37. The van der Waals surface area contributed by atoms with E-state index in [1.807, 2.05) is 39.0 Å². The first-order chi connectivity index (χ1) is 16.1. The zero-order valence-corrected chi connectivity index (χ0v) is 20.4. The molecule has 0 radical (unpaired) electrons. The van der Waals surface area contributed by atoms with Crippen molar-refractivity contribution in [3.05, 3.63) is 34.9 Å². The van der Waals surface area contributed by atoms with E-state index in [0.717, 1.165) is 17.5 Å². The highest BCUT2D eigenvalue weighted by Crippen LogP contribution is 2.32. The van der Waals surface area contributed by atoms with Crippen molar-refractivity contribution in [2.45, 2.75) is 65.0 Å². The number of ether oxygens (including phenoxy) is 1. The molecular formula is C26H34N4O4. The summed E-state index contributed by atoms with van der Waals surface area (Å²) < 4.78 is 5.40. The van der Waals surface area contributed by atoms with Gasteiger partial charge in [-0.1, -0.05) is 32.9 Å². The van der Waals surface area contributed by atoms with Crippen LogP contribution in [-0.4, -0.2) is 43.5 Å². The van der Waals surface area contributed by atoms with Crippen LogP contribution >= 0.6 is 0 Å². The summed E-state index contributed by atoms with van der Waals surface area (Å²) in [5.74, 6) is -0.412. The fourth-order valence-corrected chi connectivity index (χ4v) is 4.50. The minimum Gasteiger partial charge on any atom is -0.496 e. The van der Waals surface area contributed by atoms with E-state index >= 15 is 0 Å². The molecule has 0 bridgehead atoms. The quantitative estimate of drug-likeness (QED) is 0.544. The first-order valence-electron chi connectivity index (χ1n) is 11.8. The highest BCUT2D eigenvalue weighted by molar-refractivity contribution is 6.02. The molecule has 2 aliphatic rings. The first-order valence-corrected chi connectivity index (χ1v) is 11.8.